The van der Waals surface area contributed by atoms with Crippen LogP contribution in [-0.4, -0.2) is 0 Å². The second-order valence-corrected chi connectivity index (χ2v) is 14.4. The molecular weight excluding hydrogens is 692 g/mol. The van der Waals surface area contributed by atoms with Crippen molar-refractivity contribution in [3.8, 4) is 11.1 Å². The number of fused-ring (bicyclic) bond motifs is 4. The first kappa shape index (κ1) is 30.4. The lowest BCUT2D eigenvalue weighted by Crippen LogP contribution is -2.13. The van der Waals surface area contributed by atoms with Gasteiger partial charge in [-0.05, 0) is 94.7 Å². The maximum Gasteiger partial charge on any atom is 0.0493 e. The van der Waals surface area contributed by atoms with E-state index in [-0.39, 0.29) is 0 Å². The molecule has 1 aromatic heterocycles. The first-order valence-corrected chi connectivity index (χ1v) is 18.3. The highest BCUT2D eigenvalue weighted by Gasteiger charge is 2.20. The predicted octanol–water partition coefficient (Wildman–Crippen LogP) is 14.6. The van der Waals surface area contributed by atoms with Crippen LogP contribution in [0.3, 0.4) is 0 Å². The maximum absolute atomic E-state index is 3.94. The molecule has 0 amide bonds. The molecule has 0 aliphatic heterocycles. The van der Waals surface area contributed by atoms with Crippen molar-refractivity contribution < 1.29 is 0 Å². The standard InChI is InChI=1S/C46H31BrN2S/c47-36-28-41(48(37-17-5-2-6-18-37)39-23-22-33-14-7-8-15-34(33)27-39)30-42(29-36)49(38-19-11-16-35(26-38)32-12-3-1-4-13-32)40-24-25-44-43-20-9-10-21-45(43)50-46(44)31-40/h1-31H. The van der Waals surface area contributed by atoms with Crippen LogP contribution >= 0.6 is 27.3 Å². The molecule has 0 aliphatic rings. The van der Waals surface area contributed by atoms with E-state index in [0.717, 1.165) is 38.6 Å². The average molecular weight is 724 g/mol. The summed E-state index contributed by atoms with van der Waals surface area (Å²) in [6.07, 6.45) is 0. The quantitative estimate of drug-likeness (QED) is 0.162. The Morgan fingerprint density at radius 1 is 0.340 bits per heavy atom. The third-order valence-electron chi connectivity index (χ3n) is 9.22. The number of anilines is 6. The molecule has 1 heterocycles. The van der Waals surface area contributed by atoms with E-state index in [9.17, 15) is 0 Å². The van der Waals surface area contributed by atoms with Gasteiger partial charge in [0, 0.05) is 58.8 Å². The fourth-order valence-electron chi connectivity index (χ4n) is 6.91. The summed E-state index contributed by atoms with van der Waals surface area (Å²) in [5.41, 5.74) is 8.87. The fraction of sp³-hybridized carbons (Fsp3) is 0. The van der Waals surface area contributed by atoms with Crippen molar-refractivity contribution in [3.63, 3.8) is 0 Å². The lowest BCUT2D eigenvalue weighted by molar-refractivity contribution is 1.25. The maximum atomic E-state index is 3.94. The number of halogens is 1. The van der Waals surface area contributed by atoms with Gasteiger partial charge < -0.3 is 9.80 Å². The van der Waals surface area contributed by atoms with Crippen molar-refractivity contribution in [1.29, 1.82) is 0 Å². The van der Waals surface area contributed by atoms with E-state index < -0.39 is 0 Å². The summed E-state index contributed by atoms with van der Waals surface area (Å²) in [6.45, 7) is 0. The number of rotatable bonds is 7. The minimum Gasteiger partial charge on any atom is -0.310 e. The van der Waals surface area contributed by atoms with E-state index in [4.69, 9.17) is 0 Å². The predicted molar refractivity (Wildman–Crippen MR) is 219 cm³/mol. The monoisotopic (exact) mass is 722 g/mol. The Balaban J connectivity index is 1.25. The lowest BCUT2D eigenvalue weighted by atomic mass is 10.0. The van der Waals surface area contributed by atoms with Crippen molar-refractivity contribution in [2.45, 2.75) is 0 Å². The minimum atomic E-state index is 0.999. The van der Waals surface area contributed by atoms with Crippen molar-refractivity contribution >= 4 is 92.3 Å². The van der Waals surface area contributed by atoms with Crippen LogP contribution < -0.4 is 9.80 Å². The van der Waals surface area contributed by atoms with Crippen LogP contribution in [0.25, 0.3) is 42.1 Å². The molecule has 0 N–H and O–H groups in total. The Morgan fingerprint density at radius 2 is 0.920 bits per heavy atom. The molecule has 0 radical (unpaired) electrons. The number of hydrogen-bond acceptors (Lipinski definition) is 3. The summed E-state index contributed by atoms with van der Waals surface area (Å²) < 4.78 is 3.57. The van der Waals surface area contributed by atoms with Gasteiger partial charge in [-0.2, -0.15) is 0 Å². The van der Waals surface area contributed by atoms with Gasteiger partial charge in [0.2, 0.25) is 0 Å². The number of para-hydroxylation sites is 1. The van der Waals surface area contributed by atoms with Gasteiger partial charge in [0.25, 0.3) is 0 Å². The third-order valence-corrected chi connectivity index (χ3v) is 10.8. The highest BCUT2D eigenvalue weighted by atomic mass is 79.9. The van der Waals surface area contributed by atoms with E-state index in [1.165, 1.54) is 42.1 Å². The molecule has 0 bridgehead atoms. The van der Waals surface area contributed by atoms with Crippen LogP contribution in [-0.2, 0) is 0 Å². The van der Waals surface area contributed by atoms with Crippen molar-refractivity contribution in [2.24, 2.45) is 0 Å². The van der Waals surface area contributed by atoms with E-state index >= 15 is 0 Å². The Morgan fingerprint density at radius 3 is 1.74 bits per heavy atom. The summed E-state index contributed by atoms with van der Waals surface area (Å²) in [5.74, 6) is 0. The van der Waals surface area contributed by atoms with E-state index in [0.29, 0.717) is 0 Å². The molecule has 0 unspecified atom stereocenters. The van der Waals surface area contributed by atoms with Crippen LogP contribution in [0.2, 0.25) is 0 Å². The van der Waals surface area contributed by atoms with E-state index in [1.807, 2.05) is 11.3 Å². The van der Waals surface area contributed by atoms with Crippen molar-refractivity contribution in [2.75, 3.05) is 9.80 Å². The smallest absolute Gasteiger partial charge is 0.0493 e. The average Bonchev–Trinajstić information content (AvgIpc) is 3.54. The fourth-order valence-corrected chi connectivity index (χ4v) is 8.52. The zero-order valence-electron chi connectivity index (χ0n) is 27.1. The molecule has 2 nitrogen and oxygen atoms in total. The number of hydrogen-bond donors (Lipinski definition) is 0. The largest absolute Gasteiger partial charge is 0.310 e. The molecule has 238 valence electrons. The molecule has 0 aliphatic carbocycles. The molecule has 0 spiro atoms. The highest BCUT2D eigenvalue weighted by molar-refractivity contribution is 9.10. The van der Waals surface area contributed by atoms with Crippen LogP contribution in [0.4, 0.5) is 34.1 Å². The Labute approximate surface area is 304 Å². The van der Waals surface area contributed by atoms with Gasteiger partial charge in [-0.3, -0.25) is 0 Å². The molecule has 0 saturated carbocycles. The van der Waals surface area contributed by atoms with Gasteiger partial charge in [0.15, 0.2) is 0 Å². The van der Waals surface area contributed by atoms with Gasteiger partial charge in [0.05, 0.1) is 0 Å². The summed E-state index contributed by atoms with van der Waals surface area (Å²) in [5, 5.41) is 5.02. The Hall–Kier alpha value is -5.68. The number of thiophene rings is 1. The summed E-state index contributed by atoms with van der Waals surface area (Å²) in [7, 11) is 0. The lowest BCUT2D eigenvalue weighted by Gasteiger charge is -2.30. The summed E-state index contributed by atoms with van der Waals surface area (Å²) in [6, 6.07) is 67.6. The van der Waals surface area contributed by atoms with Crippen molar-refractivity contribution in [1.82, 2.24) is 0 Å². The van der Waals surface area contributed by atoms with Gasteiger partial charge in [-0.15, -0.1) is 11.3 Å². The molecule has 8 aromatic carbocycles. The molecule has 9 rings (SSSR count). The molecule has 50 heavy (non-hydrogen) atoms. The van der Waals surface area contributed by atoms with Gasteiger partial charge in [0.1, 0.15) is 0 Å². The molecule has 0 atom stereocenters. The van der Waals surface area contributed by atoms with Crippen LogP contribution in [0.1, 0.15) is 0 Å². The first-order chi connectivity index (χ1) is 24.7. The van der Waals surface area contributed by atoms with E-state index in [1.54, 1.807) is 0 Å². The second kappa shape index (κ2) is 13.0. The highest BCUT2D eigenvalue weighted by Crippen LogP contribution is 2.45. The Bertz CT molecular complexity index is 2630. The van der Waals surface area contributed by atoms with Gasteiger partial charge >= 0.3 is 0 Å². The number of benzene rings is 8. The molecule has 0 fully saturated rings. The second-order valence-electron chi connectivity index (χ2n) is 12.4. The zero-order valence-corrected chi connectivity index (χ0v) is 29.5. The topological polar surface area (TPSA) is 6.48 Å². The summed E-state index contributed by atoms with van der Waals surface area (Å²) in [4.78, 5) is 4.72. The van der Waals surface area contributed by atoms with Crippen molar-refractivity contribution in [3.05, 3.63) is 193 Å². The molecule has 0 saturated heterocycles. The van der Waals surface area contributed by atoms with Crippen LogP contribution in [0.5, 0.6) is 0 Å². The van der Waals surface area contributed by atoms with Gasteiger partial charge in [-0.1, -0.05) is 131 Å². The third kappa shape index (κ3) is 5.73. The SMILES string of the molecule is Brc1cc(N(c2ccccc2)c2ccc3ccccc3c2)cc(N(c2cccc(-c3ccccc3)c2)c2ccc3c(c2)sc2ccccc23)c1. The molecule has 9 aromatic rings. The van der Waals surface area contributed by atoms with E-state index in [2.05, 4.69) is 214 Å². The molecule has 4 heteroatoms. The molecular formula is C46H31BrN2S. The summed E-state index contributed by atoms with van der Waals surface area (Å²) >= 11 is 5.79. The minimum absolute atomic E-state index is 0.999. The van der Waals surface area contributed by atoms with Crippen LogP contribution in [0, 0.1) is 0 Å². The Kier molecular flexibility index (Phi) is 7.89. The van der Waals surface area contributed by atoms with Crippen LogP contribution in [0.15, 0.2) is 193 Å². The zero-order chi connectivity index (χ0) is 33.4. The van der Waals surface area contributed by atoms with Gasteiger partial charge in [-0.25, -0.2) is 0 Å². The first-order valence-electron chi connectivity index (χ1n) is 16.7. The normalized spacial score (nSPS) is 11.3. The number of nitrogens with zero attached hydrogens (tertiary/aromatic N) is 2.